The molecule has 4 aromatic rings. The van der Waals surface area contributed by atoms with Crippen LogP contribution in [-0.2, 0) is 7.05 Å². The van der Waals surface area contributed by atoms with Crippen molar-refractivity contribution in [3.63, 3.8) is 0 Å². The van der Waals surface area contributed by atoms with Crippen LogP contribution < -0.4 is 16.2 Å². The number of amides is 1. The van der Waals surface area contributed by atoms with Crippen LogP contribution in [0.4, 0.5) is 5.69 Å². The van der Waals surface area contributed by atoms with Gasteiger partial charge >= 0.3 is 0 Å². The van der Waals surface area contributed by atoms with Crippen LogP contribution in [0.15, 0.2) is 83.0 Å². The third-order valence-corrected chi connectivity index (χ3v) is 6.06. The van der Waals surface area contributed by atoms with Crippen LogP contribution in [0.25, 0.3) is 5.69 Å². The lowest BCUT2D eigenvalue weighted by Crippen LogP contribution is -2.47. The Hall–Kier alpha value is -3.91. The quantitative estimate of drug-likeness (QED) is 0.336. The van der Waals surface area contributed by atoms with Crippen LogP contribution in [-0.4, -0.2) is 27.2 Å². The first kappa shape index (κ1) is 21.3. The highest BCUT2D eigenvalue weighted by molar-refractivity contribution is 7.12. The van der Waals surface area contributed by atoms with Crippen LogP contribution in [0, 0.1) is 6.92 Å². The molecule has 0 aliphatic carbocycles. The topological polar surface area (TPSA) is 85.1 Å². The van der Waals surface area contributed by atoms with Gasteiger partial charge in [-0.3, -0.25) is 19.1 Å². The molecular formula is C24H22N4O3S. The number of anilines is 1. The molecular weight excluding hydrogens is 424 g/mol. The molecule has 0 bridgehead atoms. The fourth-order valence-electron chi connectivity index (χ4n) is 3.41. The number of nitrogens with one attached hydrogen (secondary N) is 2. The van der Waals surface area contributed by atoms with E-state index in [1.807, 2.05) is 36.4 Å². The van der Waals surface area contributed by atoms with Crippen molar-refractivity contribution < 1.29 is 9.59 Å². The maximum absolute atomic E-state index is 13.3. The molecule has 2 aromatic heterocycles. The zero-order valence-electron chi connectivity index (χ0n) is 17.6. The number of carbonyl (C=O) groups excluding carboxylic acids is 2. The first-order valence-electron chi connectivity index (χ1n) is 10.0. The van der Waals surface area contributed by atoms with E-state index in [-0.39, 0.29) is 17.0 Å². The van der Waals surface area contributed by atoms with E-state index in [1.165, 1.54) is 16.0 Å². The Morgan fingerprint density at radius 3 is 2.22 bits per heavy atom. The minimum atomic E-state index is -1.11. The maximum atomic E-state index is 13.3. The summed E-state index contributed by atoms with van der Waals surface area (Å²) in [5, 5.41) is 7.54. The number of aromatic nitrogens is 2. The Labute approximate surface area is 188 Å². The summed E-state index contributed by atoms with van der Waals surface area (Å²) in [5.74, 6) is -0.733. The molecule has 0 spiro atoms. The van der Waals surface area contributed by atoms with Gasteiger partial charge in [-0.2, -0.15) is 0 Å². The average Bonchev–Trinajstić information content (AvgIpc) is 3.43. The van der Waals surface area contributed by atoms with E-state index in [2.05, 4.69) is 10.6 Å². The highest BCUT2D eigenvalue weighted by atomic mass is 32.1. The van der Waals surface area contributed by atoms with E-state index in [9.17, 15) is 14.4 Å². The molecule has 2 aromatic carbocycles. The summed E-state index contributed by atoms with van der Waals surface area (Å²) in [5.41, 5.74) is 1.70. The molecule has 1 atom stereocenters. The summed E-state index contributed by atoms with van der Waals surface area (Å²) in [4.78, 5) is 39.7. The van der Waals surface area contributed by atoms with Crippen LogP contribution in [0.1, 0.15) is 25.7 Å². The van der Waals surface area contributed by atoms with Gasteiger partial charge in [0.05, 0.1) is 16.3 Å². The van der Waals surface area contributed by atoms with Gasteiger partial charge in [-0.15, -0.1) is 11.3 Å². The van der Waals surface area contributed by atoms with Crippen molar-refractivity contribution in [2.75, 3.05) is 5.32 Å². The molecule has 0 aliphatic rings. The van der Waals surface area contributed by atoms with Gasteiger partial charge in [0.25, 0.3) is 11.5 Å². The molecule has 0 saturated heterocycles. The molecule has 32 heavy (non-hydrogen) atoms. The van der Waals surface area contributed by atoms with Crippen molar-refractivity contribution in [2.45, 2.75) is 13.1 Å². The molecule has 7 nitrogen and oxygen atoms in total. The second-order valence-corrected chi connectivity index (χ2v) is 8.14. The second-order valence-electron chi connectivity index (χ2n) is 7.19. The van der Waals surface area contributed by atoms with E-state index in [0.717, 1.165) is 0 Å². The minimum absolute atomic E-state index is 0.250. The summed E-state index contributed by atoms with van der Waals surface area (Å²) in [6.45, 7) is 1.79. The number of hydrogen-bond acceptors (Lipinski definition) is 5. The van der Waals surface area contributed by atoms with E-state index in [0.29, 0.717) is 21.8 Å². The van der Waals surface area contributed by atoms with Crippen LogP contribution >= 0.6 is 11.3 Å². The van der Waals surface area contributed by atoms with Gasteiger partial charge in [0.2, 0.25) is 5.78 Å². The number of ketones is 1. The number of carbonyl (C=O) groups is 2. The molecule has 8 heteroatoms. The van der Waals surface area contributed by atoms with E-state index in [4.69, 9.17) is 0 Å². The highest BCUT2D eigenvalue weighted by Crippen LogP contribution is 2.17. The average molecular weight is 447 g/mol. The Bertz CT molecular complexity index is 1290. The van der Waals surface area contributed by atoms with E-state index >= 15 is 0 Å². The van der Waals surface area contributed by atoms with Crippen molar-refractivity contribution >= 4 is 28.7 Å². The Morgan fingerprint density at radius 2 is 1.59 bits per heavy atom. The summed E-state index contributed by atoms with van der Waals surface area (Å²) in [6, 6.07) is 21.3. The molecule has 1 amide bonds. The minimum Gasteiger partial charge on any atom is -0.353 e. The Kier molecular flexibility index (Phi) is 6.04. The lowest BCUT2D eigenvalue weighted by atomic mass is 10.2. The van der Waals surface area contributed by atoms with Gasteiger partial charge in [-0.25, -0.2) is 4.68 Å². The largest absolute Gasteiger partial charge is 0.353 e. The standard InChI is InChI=1S/C24H22N4O3S/c1-16-20(24(31)28(27(16)2)18-12-7-4-8-13-18)25-22(21(29)19-14-9-15-32-19)26-23(30)17-10-5-3-6-11-17/h3-15,22,25H,1-2H3,(H,26,30). The number of Topliss-reactive ketones (excluding diaryl/α,β-unsaturated/α-hetero) is 1. The molecule has 0 radical (unpaired) electrons. The predicted molar refractivity (Wildman–Crippen MR) is 126 cm³/mol. The third-order valence-electron chi connectivity index (χ3n) is 5.18. The molecule has 2 N–H and O–H groups in total. The van der Waals surface area contributed by atoms with Crippen molar-refractivity contribution in [3.05, 3.63) is 105 Å². The third kappa shape index (κ3) is 4.13. The number of thiophene rings is 1. The first-order valence-corrected chi connectivity index (χ1v) is 10.9. The zero-order valence-corrected chi connectivity index (χ0v) is 18.4. The van der Waals surface area contributed by atoms with Crippen molar-refractivity contribution in [1.29, 1.82) is 0 Å². The molecule has 0 saturated carbocycles. The molecule has 0 aliphatic heterocycles. The Balaban J connectivity index is 1.71. The molecule has 1 unspecified atom stereocenters. The van der Waals surface area contributed by atoms with Gasteiger partial charge in [-0.1, -0.05) is 42.5 Å². The lowest BCUT2D eigenvalue weighted by Gasteiger charge is -2.19. The number of rotatable bonds is 7. The SMILES string of the molecule is Cc1c(NC(NC(=O)c2ccccc2)C(=O)c2cccs2)c(=O)n(-c2ccccc2)n1C. The summed E-state index contributed by atoms with van der Waals surface area (Å²) < 4.78 is 3.23. The molecule has 162 valence electrons. The smallest absolute Gasteiger partial charge is 0.295 e. The van der Waals surface area contributed by atoms with Crippen LogP contribution in [0.3, 0.4) is 0 Å². The highest BCUT2D eigenvalue weighted by Gasteiger charge is 2.27. The van der Waals surface area contributed by atoms with E-state index in [1.54, 1.807) is 60.4 Å². The molecule has 0 fully saturated rings. The summed E-state index contributed by atoms with van der Waals surface area (Å²) in [7, 11) is 1.77. The number of nitrogens with zero attached hydrogens (tertiary/aromatic N) is 2. The van der Waals surface area contributed by atoms with Crippen molar-refractivity contribution in [1.82, 2.24) is 14.7 Å². The van der Waals surface area contributed by atoms with Crippen LogP contribution in [0.2, 0.25) is 0 Å². The van der Waals surface area contributed by atoms with Gasteiger partial charge in [-0.05, 0) is 42.6 Å². The van der Waals surface area contributed by atoms with Gasteiger partial charge in [0, 0.05) is 12.6 Å². The predicted octanol–water partition coefficient (Wildman–Crippen LogP) is 3.60. The van der Waals surface area contributed by atoms with Gasteiger partial charge in [0.1, 0.15) is 5.69 Å². The molecule has 4 rings (SSSR count). The lowest BCUT2D eigenvalue weighted by molar-refractivity contribution is 0.0871. The zero-order chi connectivity index (χ0) is 22.7. The number of para-hydroxylation sites is 1. The Morgan fingerprint density at radius 1 is 0.938 bits per heavy atom. The monoisotopic (exact) mass is 446 g/mol. The van der Waals surface area contributed by atoms with Gasteiger partial charge in [0.15, 0.2) is 6.17 Å². The normalized spacial score (nSPS) is 11.7. The van der Waals surface area contributed by atoms with Crippen molar-refractivity contribution in [3.8, 4) is 5.69 Å². The van der Waals surface area contributed by atoms with Crippen LogP contribution in [0.5, 0.6) is 0 Å². The van der Waals surface area contributed by atoms with E-state index < -0.39 is 12.1 Å². The fraction of sp³-hybridized carbons (Fsp3) is 0.125. The first-order chi connectivity index (χ1) is 15.5. The fourth-order valence-corrected chi connectivity index (χ4v) is 4.11. The summed E-state index contributed by atoms with van der Waals surface area (Å²) >= 11 is 1.28. The number of benzene rings is 2. The molecule has 2 heterocycles. The van der Waals surface area contributed by atoms with Gasteiger partial charge < -0.3 is 10.6 Å². The van der Waals surface area contributed by atoms with Crippen molar-refractivity contribution in [2.24, 2.45) is 7.05 Å². The number of hydrogen-bond donors (Lipinski definition) is 2. The maximum Gasteiger partial charge on any atom is 0.295 e. The summed E-state index contributed by atoms with van der Waals surface area (Å²) in [6.07, 6.45) is -1.11. The second kappa shape index (κ2) is 9.07.